The molecule has 0 fully saturated rings. The van der Waals surface area contributed by atoms with Gasteiger partial charge in [0.1, 0.15) is 46.3 Å². The highest BCUT2D eigenvalue weighted by atomic mass is 35.5. The molecule has 0 aliphatic carbocycles. The molecular formula is C112H131ClN28O8. The molecule has 4 amide bonds. The van der Waals surface area contributed by atoms with Crippen LogP contribution < -0.4 is 81.1 Å². The lowest BCUT2D eigenvalue weighted by atomic mass is 10.2. The average molecular weight is 2030 g/mol. The summed E-state index contributed by atoms with van der Waals surface area (Å²) in [6, 6.07) is 60.8. The van der Waals surface area contributed by atoms with Crippen LogP contribution in [0, 0.1) is 0 Å². The van der Waals surface area contributed by atoms with Crippen LogP contribution in [0.5, 0.6) is 23.0 Å². The summed E-state index contributed by atoms with van der Waals surface area (Å²) < 4.78 is 30.8. The number of anilines is 16. The molecule has 16 rings (SSSR count). The molecule has 0 saturated carbocycles. The van der Waals surface area contributed by atoms with Gasteiger partial charge in [-0.3, -0.25) is 23.7 Å². The molecule has 0 atom stereocenters. The van der Waals surface area contributed by atoms with Crippen molar-refractivity contribution in [3.05, 3.63) is 292 Å². The van der Waals surface area contributed by atoms with E-state index in [-0.39, 0.29) is 23.6 Å². The van der Waals surface area contributed by atoms with Gasteiger partial charge in [-0.1, -0.05) is 117 Å². The first kappa shape index (κ1) is 109. The van der Waals surface area contributed by atoms with Crippen molar-refractivity contribution in [2.24, 2.45) is 0 Å². The third kappa shape index (κ3) is 28.7. The number of fused-ring (bicyclic) bond motifs is 4. The van der Waals surface area contributed by atoms with Crippen LogP contribution in [-0.2, 0) is 19.2 Å². The van der Waals surface area contributed by atoms with Crippen LogP contribution in [-0.4, -0.2) is 267 Å². The second-order valence-corrected chi connectivity index (χ2v) is 36.4. The number of rotatable bonds is 41. The Morgan fingerprint density at radius 3 is 0.966 bits per heavy atom. The smallest absolute Gasteiger partial charge is 0.250 e. The standard InChI is InChI=1S/C29H35N7O2.2C28H33N7O2.C27H30ClN7O2/c1-6-7-12-28(37)31-22-19-23(26(38-5)20-25(22)35(4)18-17-34(2)3)32-29-30-15-13-27(33-29)36-16-14-21-10-8-9-11-24(21)36;1-19(2)27(36)30-21-17-22(25(37-6)18-24(21)34(5)16-15-33(3)4)31-28-29-13-11-26(32-28)35-14-12-20-9-7-8-10-23(20)35;1-6-9-27(36)30-21-18-22(25(37-5)19-24(21)34(4)17-16-33(2)3)31-28-29-14-12-26(32-28)35-15-13-20-10-7-8-11-23(20)35;1-6-26(36)30-20-15-21(24(37-5)16-23(20)34(4)14-13-33(2)3)31-27-29-12-11-25(32-27)35-17-19(28)18-9-7-8-10-22(18)35/h7-16,19-20H,6,17-18H2,1-5H3,(H,31,37)(H,30,32,33);7-14,17-18H,1,15-16H2,2-6H3,(H,30,36)(H,29,31,32);6-15,18-19H,16-17H2,1-5H3,(H,30,36)(H,29,31,32);6-12,15-17H,1,13-14H2,2-5H3,(H,30,36)(H,29,31,32)/b12-7+;;9-6+;. The summed E-state index contributed by atoms with van der Waals surface area (Å²) in [5.74, 6) is 5.86. The minimum Gasteiger partial charge on any atom is -0.494 e. The van der Waals surface area contributed by atoms with Gasteiger partial charge in [-0.25, -0.2) is 19.9 Å². The first-order valence-electron chi connectivity index (χ1n) is 48.3. The first-order valence-corrected chi connectivity index (χ1v) is 48.7. The van der Waals surface area contributed by atoms with Crippen LogP contribution in [0.2, 0.25) is 5.02 Å². The minimum absolute atomic E-state index is 0.192. The molecule has 36 nitrogen and oxygen atoms in total. The van der Waals surface area contributed by atoms with Gasteiger partial charge in [0.2, 0.25) is 41.5 Å². The normalized spacial score (nSPS) is 11.1. The number of nitrogens with one attached hydrogen (secondary N) is 8. The van der Waals surface area contributed by atoms with E-state index in [2.05, 4.69) is 169 Å². The molecule has 0 radical (unpaired) electrons. The van der Waals surface area contributed by atoms with Crippen molar-refractivity contribution in [3.8, 4) is 46.3 Å². The van der Waals surface area contributed by atoms with Crippen LogP contribution in [0.15, 0.2) is 287 Å². The molecule has 0 bridgehead atoms. The number of nitrogens with zero attached hydrogens (tertiary/aromatic N) is 20. The van der Waals surface area contributed by atoms with Crippen LogP contribution in [0.4, 0.5) is 92.0 Å². The fourth-order valence-corrected chi connectivity index (χ4v) is 16.1. The summed E-state index contributed by atoms with van der Waals surface area (Å²) in [7, 11) is 30.6. The number of hydrogen-bond donors (Lipinski definition) is 8. The number of para-hydroxylation sites is 4. The molecule has 0 unspecified atom stereocenters. The molecule has 0 aliphatic heterocycles. The molecule has 8 heterocycles. The molecule has 8 aromatic heterocycles. The van der Waals surface area contributed by atoms with Crippen molar-refractivity contribution in [2.45, 2.75) is 27.2 Å². The number of allylic oxidation sites excluding steroid dienone is 2. The average Bonchev–Trinajstić information content (AvgIpc) is 1.45. The Labute approximate surface area is 874 Å². The van der Waals surface area contributed by atoms with Crippen LogP contribution in [0.1, 0.15) is 27.2 Å². The molecule has 8 aromatic carbocycles. The van der Waals surface area contributed by atoms with E-state index in [0.717, 1.165) is 143 Å². The van der Waals surface area contributed by atoms with E-state index in [9.17, 15) is 19.2 Å². The van der Waals surface area contributed by atoms with Gasteiger partial charge >= 0.3 is 0 Å². The first-order chi connectivity index (χ1) is 71.8. The number of halogens is 1. The van der Waals surface area contributed by atoms with Gasteiger partial charge in [0.15, 0.2) is 0 Å². The summed E-state index contributed by atoms with van der Waals surface area (Å²) in [5, 5.41) is 29.9. The summed E-state index contributed by atoms with van der Waals surface area (Å²) in [4.78, 5) is 103. The lowest BCUT2D eigenvalue weighted by molar-refractivity contribution is -0.113. The highest BCUT2D eigenvalue weighted by Crippen LogP contribution is 2.44. The zero-order valence-electron chi connectivity index (χ0n) is 87.8. The Morgan fingerprint density at radius 2 is 0.664 bits per heavy atom. The van der Waals surface area contributed by atoms with Crippen molar-refractivity contribution < 1.29 is 38.1 Å². The number of methoxy groups -OCH3 is 4. The molecule has 0 saturated heterocycles. The molecular weight excluding hydrogens is 1900 g/mol. The van der Waals surface area contributed by atoms with Crippen molar-refractivity contribution in [2.75, 3.05) is 228 Å². The van der Waals surface area contributed by atoms with Crippen molar-refractivity contribution in [1.82, 2.24) is 77.7 Å². The Kier molecular flexibility index (Phi) is 38.1. The SMILES string of the molecule is C/C=C/C(=O)Nc1cc(Nc2nccc(-n3ccc4ccccc43)n2)c(OC)cc1N(C)CCN(C)C.C=C(C)C(=O)Nc1cc(Nc2nccc(-n3ccc4ccccc43)n2)c(OC)cc1N(C)CCN(C)C.C=CC(=O)Nc1cc(Nc2nccc(-n3cc(Cl)c4ccccc43)n2)c(OC)cc1N(C)CCN(C)C.CC/C=C/C(=O)Nc1cc(Nc2nccc(-n3ccc4ccccc43)n2)c(OC)cc1N(C)CCN(C)C. The molecule has 8 N–H and O–H groups in total. The van der Waals surface area contributed by atoms with Crippen molar-refractivity contribution in [1.29, 1.82) is 0 Å². The number of benzene rings is 8. The second-order valence-electron chi connectivity index (χ2n) is 35.9. The van der Waals surface area contributed by atoms with E-state index in [1.807, 2.05) is 275 Å². The van der Waals surface area contributed by atoms with E-state index in [1.165, 1.54) is 12.2 Å². The van der Waals surface area contributed by atoms with Crippen LogP contribution in [0.25, 0.3) is 66.9 Å². The number of likely N-dealkylation sites (N-methyl/N-ethyl adjacent to an activating group) is 8. The summed E-state index contributed by atoms with van der Waals surface area (Å²) >= 11 is 6.44. The third-order valence-electron chi connectivity index (χ3n) is 23.9. The lowest BCUT2D eigenvalue weighted by Gasteiger charge is -2.26. The lowest BCUT2D eigenvalue weighted by Crippen LogP contribution is -2.29. The van der Waals surface area contributed by atoms with Crippen molar-refractivity contribution in [3.63, 3.8) is 0 Å². The van der Waals surface area contributed by atoms with Gasteiger partial charge in [0.05, 0.1) is 124 Å². The van der Waals surface area contributed by atoms with Crippen LogP contribution in [0.3, 0.4) is 0 Å². The monoisotopic (exact) mass is 2030 g/mol. The molecule has 149 heavy (non-hydrogen) atoms. The molecule has 774 valence electrons. The Morgan fingerprint density at radius 1 is 0.369 bits per heavy atom. The maximum absolute atomic E-state index is 12.6. The largest absolute Gasteiger partial charge is 0.494 e. The van der Waals surface area contributed by atoms with Gasteiger partial charge in [-0.05, 0) is 202 Å². The van der Waals surface area contributed by atoms with Crippen LogP contribution >= 0.6 is 11.6 Å². The maximum Gasteiger partial charge on any atom is 0.250 e. The van der Waals surface area contributed by atoms with Gasteiger partial charge in [0, 0.05) is 165 Å². The Balaban J connectivity index is 0.000000166. The second kappa shape index (κ2) is 52.0. The number of amides is 4. The number of hydrogen-bond acceptors (Lipinski definition) is 28. The highest BCUT2D eigenvalue weighted by Gasteiger charge is 2.25. The van der Waals surface area contributed by atoms with E-state index in [1.54, 1.807) is 78.4 Å². The fourth-order valence-electron chi connectivity index (χ4n) is 15.9. The summed E-state index contributed by atoms with van der Waals surface area (Å²) in [5.41, 5.74) is 12.9. The summed E-state index contributed by atoms with van der Waals surface area (Å²) in [6.45, 7) is 19.3. The van der Waals surface area contributed by atoms with Gasteiger partial charge in [0.25, 0.3) is 5.91 Å². The third-order valence-corrected chi connectivity index (χ3v) is 24.2. The maximum atomic E-state index is 12.6. The number of aromatic nitrogens is 12. The van der Waals surface area contributed by atoms with Gasteiger partial charge in [-0.15, -0.1) is 0 Å². The van der Waals surface area contributed by atoms with E-state index in [4.69, 9.17) is 50.5 Å². The van der Waals surface area contributed by atoms with Gasteiger partial charge in [-0.2, -0.15) is 19.9 Å². The van der Waals surface area contributed by atoms with Crippen molar-refractivity contribution >= 4 is 171 Å². The summed E-state index contributed by atoms with van der Waals surface area (Å²) in [6.07, 6.45) is 23.2. The topological polar surface area (TPSA) is 350 Å². The highest BCUT2D eigenvalue weighted by molar-refractivity contribution is 6.35. The minimum atomic E-state index is -0.312. The molecule has 0 aliphatic rings. The fraction of sp³-hybridized carbons (Fsp3) is 0.250. The number of carbonyl (C=O) groups excluding carboxylic acids is 4. The molecule has 16 aromatic rings. The van der Waals surface area contributed by atoms with E-state index < -0.39 is 0 Å². The molecule has 0 spiro atoms. The quantitative estimate of drug-likeness (QED) is 0.0165. The van der Waals surface area contributed by atoms with Gasteiger partial charge < -0.3 is 114 Å². The van der Waals surface area contributed by atoms with E-state index in [0.29, 0.717) is 109 Å². The number of ether oxygens (including phenoxy) is 4. The number of carbonyl (C=O) groups is 4. The molecule has 37 heteroatoms. The van der Waals surface area contributed by atoms with E-state index >= 15 is 0 Å². The predicted octanol–water partition coefficient (Wildman–Crippen LogP) is 19.4. The zero-order chi connectivity index (χ0) is 106. The Hall–Kier alpha value is -17.2. The Bertz CT molecular complexity index is 7430. The predicted molar refractivity (Wildman–Crippen MR) is 607 cm³/mol. The zero-order valence-corrected chi connectivity index (χ0v) is 88.5.